The van der Waals surface area contributed by atoms with Crippen LogP contribution in [0.3, 0.4) is 0 Å². The molecule has 2 N–H and O–H groups in total. The maximum Gasteiger partial charge on any atom is 0.159 e. The molecule has 138 valence electrons. The lowest BCUT2D eigenvalue weighted by Gasteiger charge is -1.99. The second kappa shape index (κ2) is 6.28. The molecule has 0 radical (unpaired) electrons. The molecule has 0 spiro atoms. The van der Waals surface area contributed by atoms with Crippen LogP contribution in [0.4, 0.5) is 0 Å². The summed E-state index contributed by atoms with van der Waals surface area (Å²) in [5.41, 5.74) is 6.81. The van der Waals surface area contributed by atoms with Crippen molar-refractivity contribution in [3.63, 3.8) is 0 Å². The molecule has 0 saturated heterocycles. The molecule has 0 aliphatic rings. The van der Waals surface area contributed by atoms with Crippen LogP contribution in [0.1, 0.15) is 0 Å². The Hall–Kier alpha value is -3.98. The topological polar surface area (TPSA) is 109 Å². The fourth-order valence-electron chi connectivity index (χ4n) is 3.34. The van der Waals surface area contributed by atoms with Crippen molar-refractivity contribution in [3.05, 3.63) is 60.1 Å². The Kier molecular flexibility index (Phi) is 3.47. The molecule has 0 aliphatic heterocycles. The van der Waals surface area contributed by atoms with Gasteiger partial charge in [-0.15, -0.1) is 0 Å². The van der Waals surface area contributed by atoms with Crippen molar-refractivity contribution in [3.8, 4) is 34.0 Å². The number of hydrogen-bond acceptors (Lipinski definition) is 7. The Morgan fingerprint density at radius 2 is 1.90 bits per heavy atom. The quantitative estimate of drug-likeness (QED) is 0.466. The summed E-state index contributed by atoms with van der Waals surface area (Å²) in [5.74, 6) is 0.673. The van der Waals surface area contributed by atoms with Crippen LogP contribution < -0.4 is 0 Å². The van der Waals surface area contributed by atoms with Crippen LogP contribution in [0.15, 0.2) is 60.1 Å². The van der Waals surface area contributed by atoms with Crippen molar-refractivity contribution in [2.45, 2.75) is 0 Å². The summed E-state index contributed by atoms with van der Waals surface area (Å²) < 4.78 is 0. The van der Waals surface area contributed by atoms with Crippen molar-refractivity contribution >= 4 is 33.3 Å². The number of nitrogens with zero attached hydrogens (tertiary/aromatic N) is 6. The molecule has 6 rings (SSSR count). The molecule has 0 amide bonds. The van der Waals surface area contributed by atoms with Crippen LogP contribution in [0.5, 0.6) is 0 Å². The zero-order valence-electron chi connectivity index (χ0n) is 14.9. The fourth-order valence-corrected chi connectivity index (χ4v) is 4.00. The minimum atomic E-state index is 0.673. The lowest BCUT2D eigenvalue weighted by molar-refractivity contribution is 1.10. The minimum Gasteiger partial charge on any atom is -0.335 e. The number of hydrogen-bond donors (Lipinski definition) is 2. The Morgan fingerprint density at radius 1 is 0.897 bits per heavy atom. The van der Waals surface area contributed by atoms with Gasteiger partial charge < -0.3 is 4.98 Å². The highest BCUT2D eigenvalue weighted by atomic mass is 32.1. The molecule has 6 aromatic rings. The second-order valence-corrected chi connectivity index (χ2v) is 7.24. The number of pyridine rings is 2. The summed E-state index contributed by atoms with van der Waals surface area (Å²) in [6, 6.07) is 4.02. The maximum atomic E-state index is 4.84. The van der Waals surface area contributed by atoms with E-state index in [1.54, 1.807) is 42.3 Å². The second-order valence-electron chi connectivity index (χ2n) is 6.46. The first-order valence-electron chi connectivity index (χ1n) is 8.84. The van der Waals surface area contributed by atoms with Crippen molar-refractivity contribution in [2.75, 3.05) is 0 Å². The predicted octanol–water partition coefficient (Wildman–Crippen LogP) is 4.08. The lowest BCUT2D eigenvalue weighted by Crippen LogP contribution is -1.88. The van der Waals surface area contributed by atoms with Gasteiger partial charge in [-0.1, -0.05) is 0 Å². The minimum absolute atomic E-state index is 0.673. The van der Waals surface area contributed by atoms with Crippen LogP contribution in [0, 0.1) is 0 Å². The number of imidazole rings is 1. The van der Waals surface area contributed by atoms with Gasteiger partial charge in [0.1, 0.15) is 16.9 Å². The largest absolute Gasteiger partial charge is 0.335 e. The van der Waals surface area contributed by atoms with Gasteiger partial charge in [0.25, 0.3) is 0 Å². The highest BCUT2D eigenvalue weighted by Crippen LogP contribution is 2.32. The van der Waals surface area contributed by atoms with E-state index >= 15 is 0 Å². The van der Waals surface area contributed by atoms with Crippen molar-refractivity contribution in [1.82, 2.24) is 40.1 Å². The Labute approximate surface area is 167 Å². The Morgan fingerprint density at radius 3 is 2.76 bits per heavy atom. The van der Waals surface area contributed by atoms with Gasteiger partial charge in [-0.3, -0.25) is 25.0 Å². The van der Waals surface area contributed by atoms with Crippen LogP contribution in [-0.2, 0) is 0 Å². The molecule has 9 heteroatoms. The van der Waals surface area contributed by atoms with Gasteiger partial charge in [0, 0.05) is 29.5 Å². The highest BCUT2D eigenvalue weighted by molar-refractivity contribution is 7.08. The molecule has 0 unspecified atom stereocenters. The van der Waals surface area contributed by atoms with E-state index < -0.39 is 0 Å². The summed E-state index contributed by atoms with van der Waals surface area (Å²) in [6.07, 6.45) is 10.3. The van der Waals surface area contributed by atoms with E-state index in [2.05, 4.69) is 46.6 Å². The first kappa shape index (κ1) is 16.0. The zero-order chi connectivity index (χ0) is 19.2. The van der Waals surface area contributed by atoms with Crippen LogP contribution in [0.25, 0.3) is 56.0 Å². The molecule has 0 fully saturated rings. The van der Waals surface area contributed by atoms with E-state index in [9.17, 15) is 0 Å². The van der Waals surface area contributed by atoms with Gasteiger partial charge in [0.05, 0.1) is 35.3 Å². The molecule has 6 aromatic heterocycles. The normalized spacial score (nSPS) is 11.4. The summed E-state index contributed by atoms with van der Waals surface area (Å²) >= 11 is 1.65. The van der Waals surface area contributed by atoms with Crippen molar-refractivity contribution in [2.24, 2.45) is 0 Å². The number of thiophene rings is 1. The average molecular weight is 396 g/mol. The van der Waals surface area contributed by atoms with E-state index in [0.717, 1.165) is 44.5 Å². The van der Waals surface area contributed by atoms with E-state index in [1.165, 1.54) is 0 Å². The third-order valence-corrected chi connectivity index (χ3v) is 5.41. The van der Waals surface area contributed by atoms with Gasteiger partial charge in [-0.05, 0) is 28.5 Å². The summed E-state index contributed by atoms with van der Waals surface area (Å²) in [5, 5.41) is 12.5. The molecule has 8 nitrogen and oxygen atoms in total. The first-order chi connectivity index (χ1) is 14.4. The number of H-pyrrole nitrogens is 2. The number of aromatic nitrogens is 8. The molecule has 0 atom stereocenters. The van der Waals surface area contributed by atoms with Gasteiger partial charge in [-0.2, -0.15) is 16.4 Å². The number of aromatic amines is 2. The van der Waals surface area contributed by atoms with Gasteiger partial charge in [0.15, 0.2) is 5.82 Å². The molecule has 6 heterocycles. The van der Waals surface area contributed by atoms with Gasteiger partial charge in [-0.25, -0.2) is 4.98 Å². The van der Waals surface area contributed by atoms with Crippen LogP contribution in [-0.4, -0.2) is 40.1 Å². The molecule has 0 saturated carbocycles. The standard InChI is InChI=1S/C20H12N8S/c1-4-29-10-11(1)13-6-22-8-17-18(13)26-20(25-17)19-12-5-14(16-7-21-2-3-23-16)24-9-15(12)27-28-19/h1-10H,(H,25,26)(H,27,28). The van der Waals surface area contributed by atoms with E-state index in [0.29, 0.717) is 11.5 Å². The van der Waals surface area contributed by atoms with E-state index in [4.69, 9.17) is 4.98 Å². The average Bonchev–Trinajstić information content (AvgIpc) is 3.52. The summed E-state index contributed by atoms with van der Waals surface area (Å²) in [4.78, 5) is 25.5. The molecule has 0 aromatic carbocycles. The summed E-state index contributed by atoms with van der Waals surface area (Å²) in [7, 11) is 0. The fraction of sp³-hybridized carbons (Fsp3) is 0. The number of nitrogens with one attached hydrogen (secondary N) is 2. The maximum absolute atomic E-state index is 4.84. The zero-order valence-corrected chi connectivity index (χ0v) is 15.7. The van der Waals surface area contributed by atoms with Crippen LogP contribution >= 0.6 is 11.3 Å². The third kappa shape index (κ3) is 2.59. The molecule has 29 heavy (non-hydrogen) atoms. The van der Waals surface area contributed by atoms with Gasteiger partial charge >= 0.3 is 0 Å². The van der Waals surface area contributed by atoms with Crippen molar-refractivity contribution < 1.29 is 0 Å². The Balaban J connectivity index is 1.53. The van der Waals surface area contributed by atoms with Crippen molar-refractivity contribution in [1.29, 1.82) is 0 Å². The molecule has 0 bridgehead atoms. The lowest BCUT2D eigenvalue weighted by atomic mass is 10.1. The molecule has 0 aliphatic carbocycles. The van der Waals surface area contributed by atoms with Crippen LogP contribution in [0.2, 0.25) is 0 Å². The molecular formula is C20H12N8S. The predicted molar refractivity (Wildman–Crippen MR) is 111 cm³/mol. The summed E-state index contributed by atoms with van der Waals surface area (Å²) in [6.45, 7) is 0. The molecular weight excluding hydrogens is 384 g/mol. The van der Waals surface area contributed by atoms with E-state index in [1.807, 2.05) is 17.6 Å². The number of rotatable bonds is 3. The monoisotopic (exact) mass is 396 g/mol. The first-order valence-corrected chi connectivity index (χ1v) is 9.78. The number of fused-ring (bicyclic) bond motifs is 2. The SMILES string of the molecule is c1cnc(-c2cc3c(-c4nc5c(-c6ccsc6)cncc5[nH]4)n[nH]c3cn2)cn1. The smallest absolute Gasteiger partial charge is 0.159 e. The third-order valence-electron chi connectivity index (χ3n) is 4.72. The highest BCUT2D eigenvalue weighted by Gasteiger charge is 2.16. The van der Waals surface area contributed by atoms with E-state index in [-0.39, 0.29) is 0 Å². The van der Waals surface area contributed by atoms with Gasteiger partial charge in [0.2, 0.25) is 0 Å². The Bertz CT molecular complexity index is 1450.